The van der Waals surface area contributed by atoms with E-state index in [1.54, 1.807) is 20.3 Å². The number of carboxylic acid groups (broad SMARTS) is 1. The number of nitrogens with one attached hydrogen (secondary N) is 1. The molecular weight excluding hydrogens is 334 g/mol. The molecule has 0 saturated carbocycles. The molecule has 2 N–H and O–H groups in total. The van der Waals surface area contributed by atoms with Gasteiger partial charge in [0.15, 0.2) is 0 Å². The van der Waals surface area contributed by atoms with Crippen LogP contribution in [0, 0.1) is 0 Å². The number of aliphatic carboxylic acids is 1. The van der Waals surface area contributed by atoms with Crippen LogP contribution in [0.2, 0.25) is 0 Å². The SMILES string of the molecule is COc1c2ccccc2c(OC)c2cc(NC(=O)CCC(=O)O)ccc12. The van der Waals surface area contributed by atoms with Gasteiger partial charge in [0.25, 0.3) is 0 Å². The van der Waals surface area contributed by atoms with Crippen LogP contribution in [0.4, 0.5) is 5.69 Å². The highest BCUT2D eigenvalue weighted by Crippen LogP contribution is 2.43. The molecule has 3 rings (SSSR count). The van der Waals surface area contributed by atoms with Crippen LogP contribution < -0.4 is 14.8 Å². The molecule has 0 aliphatic heterocycles. The molecule has 0 fully saturated rings. The zero-order chi connectivity index (χ0) is 18.7. The topological polar surface area (TPSA) is 84.9 Å². The first-order valence-electron chi connectivity index (χ1n) is 8.13. The van der Waals surface area contributed by atoms with Crippen molar-refractivity contribution in [2.75, 3.05) is 19.5 Å². The lowest BCUT2D eigenvalue weighted by atomic mass is 10.00. The molecule has 0 bridgehead atoms. The van der Waals surface area contributed by atoms with Crippen LogP contribution in [0.25, 0.3) is 21.5 Å². The first-order chi connectivity index (χ1) is 12.5. The quantitative estimate of drug-likeness (QED) is 0.658. The van der Waals surface area contributed by atoms with Gasteiger partial charge in [-0.05, 0) is 18.2 Å². The number of rotatable bonds is 6. The Balaban J connectivity index is 2.10. The Kier molecular flexibility index (Phi) is 4.93. The zero-order valence-electron chi connectivity index (χ0n) is 14.5. The lowest BCUT2D eigenvalue weighted by Gasteiger charge is -2.16. The molecule has 0 heterocycles. The van der Waals surface area contributed by atoms with Gasteiger partial charge >= 0.3 is 5.97 Å². The van der Waals surface area contributed by atoms with E-state index < -0.39 is 5.97 Å². The second kappa shape index (κ2) is 7.31. The fraction of sp³-hybridized carbons (Fsp3) is 0.200. The van der Waals surface area contributed by atoms with Crippen LogP contribution in [-0.4, -0.2) is 31.2 Å². The van der Waals surface area contributed by atoms with Gasteiger partial charge < -0.3 is 19.9 Å². The molecule has 0 atom stereocenters. The second-order valence-electron chi connectivity index (χ2n) is 5.81. The van der Waals surface area contributed by atoms with E-state index >= 15 is 0 Å². The van der Waals surface area contributed by atoms with E-state index in [2.05, 4.69) is 5.32 Å². The molecule has 0 aliphatic rings. The van der Waals surface area contributed by atoms with E-state index in [4.69, 9.17) is 14.6 Å². The highest BCUT2D eigenvalue weighted by Gasteiger charge is 2.16. The predicted molar refractivity (Wildman–Crippen MR) is 100 cm³/mol. The van der Waals surface area contributed by atoms with Crippen LogP contribution in [0.5, 0.6) is 11.5 Å². The van der Waals surface area contributed by atoms with Crippen molar-refractivity contribution in [3.8, 4) is 11.5 Å². The third-order valence-corrected chi connectivity index (χ3v) is 4.18. The van der Waals surface area contributed by atoms with Crippen molar-refractivity contribution < 1.29 is 24.2 Å². The van der Waals surface area contributed by atoms with Crippen molar-refractivity contribution >= 4 is 39.1 Å². The predicted octanol–water partition coefficient (Wildman–Crippen LogP) is 3.81. The van der Waals surface area contributed by atoms with Crippen LogP contribution >= 0.6 is 0 Å². The fourth-order valence-corrected chi connectivity index (χ4v) is 3.06. The summed E-state index contributed by atoms with van der Waals surface area (Å²) in [5, 5.41) is 14.9. The maximum Gasteiger partial charge on any atom is 0.303 e. The Bertz CT molecular complexity index is 996. The Morgan fingerprint density at radius 1 is 0.885 bits per heavy atom. The lowest BCUT2D eigenvalue weighted by molar-refractivity contribution is -0.138. The monoisotopic (exact) mass is 353 g/mol. The molecule has 0 radical (unpaired) electrons. The fourth-order valence-electron chi connectivity index (χ4n) is 3.06. The van der Waals surface area contributed by atoms with E-state index in [1.807, 2.05) is 36.4 Å². The van der Waals surface area contributed by atoms with Crippen molar-refractivity contribution in [3.05, 3.63) is 42.5 Å². The van der Waals surface area contributed by atoms with Gasteiger partial charge in [0.2, 0.25) is 5.91 Å². The Hall–Kier alpha value is -3.28. The van der Waals surface area contributed by atoms with Gasteiger partial charge in [0, 0.05) is 33.7 Å². The molecule has 6 heteroatoms. The third kappa shape index (κ3) is 3.26. The van der Waals surface area contributed by atoms with Gasteiger partial charge in [-0.2, -0.15) is 0 Å². The molecular formula is C20H19NO5. The molecule has 0 unspecified atom stereocenters. The van der Waals surface area contributed by atoms with E-state index in [-0.39, 0.29) is 18.7 Å². The van der Waals surface area contributed by atoms with E-state index in [9.17, 15) is 9.59 Å². The summed E-state index contributed by atoms with van der Waals surface area (Å²) >= 11 is 0. The van der Waals surface area contributed by atoms with Crippen molar-refractivity contribution in [3.63, 3.8) is 0 Å². The molecule has 0 saturated heterocycles. The van der Waals surface area contributed by atoms with Gasteiger partial charge in [0.1, 0.15) is 11.5 Å². The number of carbonyl (C=O) groups is 2. The number of carbonyl (C=O) groups excluding carboxylic acids is 1. The molecule has 6 nitrogen and oxygen atoms in total. The highest BCUT2D eigenvalue weighted by atomic mass is 16.5. The summed E-state index contributed by atoms with van der Waals surface area (Å²) < 4.78 is 11.3. The molecule has 134 valence electrons. The second-order valence-corrected chi connectivity index (χ2v) is 5.81. The number of fused-ring (bicyclic) bond motifs is 2. The smallest absolute Gasteiger partial charge is 0.303 e. The first kappa shape index (κ1) is 17.5. The van der Waals surface area contributed by atoms with Crippen LogP contribution in [0.15, 0.2) is 42.5 Å². The van der Waals surface area contributed by atoms with Crippen molar-refractivity contribution in [2.24, 2.45) is 0 Å². The molecule has 1 amide bonds. The number of hydrogen-bond donors (Lipinski definition) is 2. The van der Waals surface area contributed by atoms with Gasteiger partial charge in [-0.15, -0.1) is 0 Å². The van der Waals surface area contributed by atoms with E-state index in [0.717, 1.165) is 27.3 Å². The maximum atomic E-state index is 11.9. The van der Waals surface area contributed by atoms with E-state index in [0.29, 0.717) is 11.4 Å². The average Bonchev–Trinajstić information content (AvgIpc) is 2.64. The highest BCUT2D eigenvalue weighted by molar-refractivity contribution is 6.12. The standard InChI is InChI=1S/C20H19NO5/c1-25-19-13-5-3-4-6-14(13)20(26-2)16-11-12(7-8-15(16)19)21-17(22)9-10-18(23)24/h3-8,11H,9-10H2,1-2H3,(H,21,22)(H,23,24). The third-order valence-electron chi connectivity index (χ3n) is 4.18. The Labute approximate surface area is 150 Å². The lowest BCUT2D eigenvalue weighted by Crippen LogP contribution is -2.13. The van der Waals surface area contributed by atoms with Gasteiger partial charge in [-0.1, -0.05) is 24.3 Å². The number of ether oxygens (including phenoxy) is 2. The summed E-state index contributed by atoms with van der Waals surface area (Å²) in [4.78, 5) is 22.5. The van der Waals surface area contributed by atoms with Crippen molar-refractivity contribution in [1.29, 1.82) is 0 Å². The Morgan fingerprint density at radius 2 is 1.46 bits per heavy atom. The molecule has 3 aromatic carbocycles. The summed E-state index contributed by atoms with van der Waals surface area (Å²) in [5.74, 6) is 0.0770. The van der Waals surface area contributed by atoms with Crippen LogP contribution in [-0.2, 0) is 9.59 Å². The minimum Gasteiger partial charge on any atom is -0.495 e. The van der Waals surface area contributed by atoms with E-state index in [1.165, 1.54) is 0 Å². The number of anilines is 1. The molecule has 26 heavy (non-hydrogen) atoms. The summed E-state index contributed by atoms with van der Waals surface area (Å²) in [6.45, 7) is 0. The molecule has 3 aromatic rings. The maximum absolute atomic E-state index is 11.9. The normalized spacial score (nSPS) is 10.7. The average molecular weight is 353 g/mol. The van der Waals surface area contributed by atoms with Gasteiger partial charge in [-0.3, -0.25) is 9.59 Å². The van der Waals surface area contributed by atoms with Crippen molar-refractivity contribution in [1.82, 2.24) is 0 Å². The van der Waals surface area contributed by atoms with Crippen LogP contribution in [0.3, 0.4) is 0 Å². The summed E-state index contributed by atoms with van der Waals surface area (Å²) in [6, 6.07) is 13.2. The molecule has 0 spiro atoms. The first-order valence-corrected chi connectivity index (χ1v) is 8.13. The number of amides is 1. The summed E-state index contributed by atoms with van der Waals surface area (Å²) in [7, 11) is 3.22. The molecule has 0 aliphatic carbocycles. The van der Waals surface area contributed by atoms with Gasteiger partial charge in [0.05, 0.1) is 20.6 Å². The summed E-state index contributed by atoms with van der Waals surface area (Å²) in [5.41, 5.74) is 0.573. The van der Waals surface area contributed by atoms with Gasteiger partial charge in [-0.25, -0.2) is 0 Å². The zero-order valence-corrected chi connectivity index (χ0v) is 14.5. The largest absolute Gasteiger partial charge is 0.495 e. The summed E-state index contributed by atoms with van der Waals surface area (Å²) in [6.07, 6.45) is -0.285. The number of benzene rings is 3. The Morgan fingerprint density at radius 3 is 2.04 bits per heavy atom. The van der Waals surface area contributed by atoms with Crippen LogP contribution in [0.1, 0.15) is 12.8 Å². The number of hydrogen-bond acceptors (Lipinski definition) is 4. The number of carboxylic acids is 1. The van der Waals surface area contributed by atoms with Crippen molar-refractivity contribution in [2.45, 2.75) is 12.8 Å². The minimum absolute atomic E-state index is 0.0778. The molecule has 0 aromatic heterocycles. The number of methoxy groups -OCH3 is 2. The minimum atomic E-state index is -1.00.